The SMILES string of the molecule is N#Cc1ccc2ncc([N+](=O)[O-])c(NC3CNCC3(F)F)c2c1. The first-order chi connectivity index (χ1) is 10.9. The van der Waals surface area contributed by atoms with Gasteiger partial charge >= 0.3 is 5.69 Å². The first-order valence-electron chi connectivity index (χ1n) is 6.75. The van der Waals surface area contributed by atoms with E-state index in [9.17, 15) is 18.9 Å². The minimum Gasteiger partial charge on any atom is -0.369 e. The molecule has 1 aromatic heterocycles. The summed E-state index contributed by atoms with van der Waals surface area (Å²) in [4.78, 5) is 14.5. The molecule has 1 unspecified atom stereocenters. The van der Waals surface area contributed by atoms with Crippen molar-refractivity contribution in [2.24, 2.45) is 0 Å². The average Bonchev–Trinajstić information content (AvgIpc) is 2.85. The number of pyridine rings is 1. The Hall–Kier alpha value is -2.86. The van der Waals surface area contributed by atoms with E-state index in [1.165, 1.54) is 18.2 Å². The Bertz CT molecular complexity index is 834. The summed E-state index contributed by atoms with van der Waals surface area (Å²) in [6.07, 6.45) is 1.03. The Balaban J connectivity index is 2.17. The molecule has 0 bridgehead atoms. The standard InChI is InChI=1S/C14H11F2N5O2/c15-14(16)7-18-6-12(14)20-13-9-3-8(4-17)1-2-10(9)19-5-11(13)21(22)23/h1-3,5,12,18H,6-7H2,(H,19,20). The third-order valence-electron chi connectivity index (χ3n) is 3.71. The number of halogens is 2. The molecule has 23 heavy (non-hydrogen) atoms. The predicted molar refractivity (Wildman–Crippen MR) is 78.3 cm³/mol. The maximum Gasteiger partial charge on any atom is 0.311 e. The van der Waals surface area contributed by atoms with Crippen LogP contribution in [0.25, 0.3) is 10.9 Å². The lowest BCUT2D eigenvalue weighted by Gasteiger charge is -2.21. The molecule has 2 aromatic rings. The van der Waals surface area contributed by atoms with Crippen molar-refractivity contribution in [2.75, 3.05) is 18.4 Å². The molecule has 0 amide bonds. The number of hydrogen-bond donors (Lipinski definition) is 2. The summed E-state index contributed by atoms with van der Waals surface area (Å²) in [7, 11) is 0. The molecular weight excluding hydrogens is 308 g/mol. The number of rotatable bonds is 3. The van der Waals surface area contributed by atoms with Crippen molar-refractivity contribution < 1.29 is 13.7 Å². The molecule has 1 atom stereocenters. The molecule has 0 spiro atoms. The van der Waals surface area contributed by atoms with Gasteiger partial charge in [0.2, 0.25) is 0 Å². The van der Waals surface area contributed by atoms with Gasteiger partial charge in [-0.15, -0.1) is 0 Å². The molecule has 2 heterocycles. The van der Waals surface area contributed by atoms with Crippen molar-refractivity contribution >= 4 is 22.3 Å². The zero-order valence-corrected chi connectivity index (χ0v) is 11.7. The predicted octanol–water partition coefficient (Wildman–Crippen LogP) is 2.03. The second-order valence-electron chi connectivity index (χ2n) is 5.21. The van der Waals surface area contributed by atoms with E-state index in [0.717, 1.165) is 6.20 Å². The number of aromatic nitrogens is 1. The third kappa shape index (κ3) is 2.64. The molecule has 3 rings (SSSR count). The average molecular weight is 319 g/mol. The quantitative estimate of drug-likeness (QED) is 0.662. The lowest BCUT2D eigenvalue weighted by atomic mass is 10.1. The minimum absolute atomic E-state index is 0.0219. The fourth-order valence-corrected chi connectivity index (χ4v) is 2.53. The van der Waals surface area contributed by atoms with Crippen LogP contribution in [-0.2, 0) is 0 Å². The summed E-state index contributed by atoms with van der Waals surface area (Å²) in [5, 5.41) is 25.6. The number of nitriles is 1. The highest BCUT2D eigenvalue weighted by Gasteiger charge is 2.44. The van der Waals surface area contributed by atoms with E-state index in [4.69, 9.17) is 5.26 Å². The van der Waals surface area contributed by atoms with E-state index in [2.05, 4.69) is 15.6 Å². The van der Waals surface area contributed by atoms with Gasteiger partial charge in [-0.2, -0.15) is 5.26 Å². The van der Waals surface area contributed by atoms with Gasteiger partial charge in [-0.05, 0) is 18.2 Å². The number of nitrogens with one attached hydrogen (secondary N) is 2. The molecule has 0 radical (unpaired) electrons. The highest BCUT2D eigenvalue weighted by atomic mass is 19.3. The van der Waals surface area contributed by atoms with Crippen molar-refractivity contribution in [3.05, 3.63) is 40.1 Å². The number of anilines is 1. The van der Waals surface area contributed by atoms with Crippen molar-refractivity contribution in [3.8, 4) is 6.07 Å². The monoisotopic (exact) mass is 319 g/mol. The van der Waals surface area contributed by atoms with Crippen LogP contribution in [0.15, 0.2) is 24.4 Å². The van der Waals surface area contributed by atoms with Gasteiger partial charge in [0, 0.05) is 11.9 Å². The maximum absolute atomic E-state index is 13.8. The van der Waals surface area contributed by atoms with Gasteiger partial charge in [-0.3, -0.25) is 10.1 Å². The van der Waals surface area contributed by atoms with E-state index in [-0.39, 0.29) is 23.2 Å². The van der Waals surface area contributed by atoms with E-state index >= 15 is 0 Å². The summed E-state index contributed by atoms with van der Waals surface area (Å²) >= 11 is 0. The van der Waals surface area contributed by atoms with E-state index < -0.39 is 29.1 Å². The van der Waals surface area contributed by atoms with E-state index in [1.807, 2.05) is 6.07 Å². The summed E-state index contributed by atoms with van der Waals surface area (Å²) in [5.41, 5.74) is 0.186. The van der Waals surface area contributed by atoms with Crippen LogP contribution < -0.4 is 10.6 Å². The number of nitrogens with zero attached hydrogens (tertiary/aromatic N) is 3. The fourth-order valence-electron chi connectivity index (χ4n) is 2.53. The van der Waals surface area contributed by atoms with Gasteiger partial charge in [-0.25, -0.2) is 13.8 Å². The smallest absolute Gasteiger partial charge is 0.311 e. The fraction of sp³-hybridized carbons (Fsp3) is 0.286. The van der Waals surface area contributed by atoms with Gasteiger partial charge in [0.25, 0.3) is 5.92 Å². The summed E-state index contributed by atoms with van der Waals surface area (Å²) < 4.78 is 27.6. The summed E-state index contributed by atoms with van der Waals surface area (Å²) in [5.74, 6) is -3.03. The van der Waals surface area contributed by atoms with Gasteiger partial charge in [0.1, 0.15) is 17.9 Å². The lowest BCUT2D eigenvalue weighted by Crippen LogP contribution is -2.38. The van der Waals surface area contributed by atoms with Crippen LogP contribution in [0.1, 0.15) is 5.56 Å². The molecule has 7 nitrogen and oxygen atoms in total. The highest BCUT2D eigenvalue weighted by Crippen LogP contribution is 2.35. The topological polar surface area (TPSA) is 104 Å². The van der Waals surface area contributed by atoms with Gasteiger partial charge in [-0.1, -0.05) is 0 Å². The van der Waals surface area contributed by atoms with Crippen LogP contribution in [0.5, 0.6) is 0 Å². The van der Waals surface area contributed by atoms with Crippen molar-refractivity contribution in [1.29, 1.82) is 5.26 Å². The van der Waals surface area contributed by atoms with Gasteiger partial charge < -0.3 is 10.6 Å². The van der Waals surface area contributed by atoms with Crippen molar-refractivity contribution in [1.82, 2.24) is 10.3 Å². The number of alkyl halides is 2. The molecule has 9 heteroatoms. The van der Waals surface area contributed by atoms with Crippen LogP contribution in [0.3, 0.4) is 0 Å². The summed E-state index contributed by atoms with van der Waals surface area (Å²) in [6, 6.07) is 5.07. The van der Waals surface area contributed by atoms with Crippen LogP contribution >= 0.6 is 0 Å². The third-order valence-corrected chi connectivity index (χ3v) is 3.71. The first kappa shape index (κ1) is 15.1. The Morgan fingerprint density at radius 3 is 2.91 bits per heavy atom. The zero-order valence-electron chi connectivity index (χ0n) is 11.7. The van der Waals surface area contributed by atoms with Crippen LogP contribution in [0, 0.1) is 21.4 Å². The Kier molecular flexibility index (Phi) is 3.54. The Morgan fingerprint density at radius 2 is 2.30 bits per heavy atom. The second-order valence-corrected chi connectivity index (χ2v) is 5.21. The van der Waals surface area contributed by atoms with Gasteiger partial charge in [0.15, 0.2) is 0 Å². The van der Waals surface area contributed by atoms with Crippen molar-refractivity contribution in [3.63, 3.8) is 0 Å². The van der Waals surface area contributed by atoms with E-state index in [0.29, 0.717) is 5.52 Å². The molecule has 1 fully saturated rings. The van der Waals surface area contributed by atoms with Crippen LogP contribution in [-0.4, -0.2) is 35.0 Å². The Morgan fingerprint density at radius 1 is 1.52 bits per heavy atom. The van der Waals surface area contributed by atoms with Crippen molar-refractivity contribution in [2.45, 2.75) is 12.0 Å². The molecule has 2 N–H and O–H groups in total. The molecular formula is C14H11F2N5O2. The molecule has 1 aromatic carbocycles. The molecule has 1 saturated heterocycles. The minimum atomic E-state index is -3.03. The number of benzene rings is 1. The number of fused-ring (bicyclic) bond motifs is 1. The summed E-state index contributed by atoms with van der Waals surface area (Å²) in [6.45, 7) is -0.517. The largest absolute Gasteiger partial charge is 0.369 e. The highest BCUT2D eigenvalue weighted by molar-refractivity contribution is 5.96. The first-order valence-corrected chi connectivity index (χ1v) is 6.75. The normalized spacial score (nSPS) is 19.4. The van der Waals surface area contributed by atoms with E-state index in [1.54, 1.807) is 0 Å². The maximum atomic E-state index is 13.8. The molecule has 0 saturated carbocycles. The van der Waals surface area contributed by atoms with Gasteiger partial charge in [0.05, 0.1) is 28.6 Å². The molecule has 0 aliphatic carbocycles. The lowest BCUT2D eigenvalue weighted by molar-refractivity contribution is -0.384. The molecule has 1 aliphatic rings. The number of hydrogen-bond acceptors (Lipinski definition) is 6. The number of nitro groups is 1. The van der Waals surface area contributed by atoms with Crippen LogP contribution in [0.4, 0.5) is 20.2 Å². The molecule has 118 valence electrons. The zero-order chi connectivity index (χ0) is 16.6. The Labute approximate surface area is 129 Å². The second kappa shape index (κ2) is 5.40. The molecule has 1 aliphatic heterocycles. The van der Waals surface area contributed by atoms with Crippen LogP contribution in [0.2, 0.25) is 0 Å².